The lowest BCUT2D eigenvalue weighted by Gasteiger charge is -2.30. The van der Waals surface area contributed by atoms with Crippen LogP contribution in [0.1, 0.15) is 47.1 Å². The van der Waals surface area contributed by atoms with Crippen LogP contribution in [-0.4, -0.2) is 51.5 Å². The van der Waals surface area contributed by atoms with Gasteiger partial charge in [0, 0.05) is 18.3 Å². The van der Waals surface area contributed by atoms with Gasteiger partial charge in [-0.3, -0.25) is 19.4 Å². The number of carbonyl (C=O) groups is 2. The molecule has 2 aliphatic rings. The third-order valence-corrected chi connectivity index (χ3v) is 6.45. The fourth-order valence-corrected chi connectivity index (χ4v) is 4.50. The number of Topliss-reactive ketones (excluding diaryl/α,β-unsaturated/α-hetero) is 1. The summed E-state index contributed by atoms with van der Waals surface area (Å²) in [5.41, 5.74) is 2.70. The van der Waals surface area contributed by atoms with E-state index in [9.17, 15) is 9.59 Å². The van der Waals surface area contributed by atoms with Crippen molar-refractivity contribution >= 4 is 49.5 Å². The number of amides is 1. The highest BCUT2D eigenvalue weighted by atomic mass is 31.0. The number of hydrogen-bond acceptors (Lipinski definition) is 6. The summed E-state index contributed by atoms with van der Waals surface area (Å²) in [6, 6.07) is 15.4. The maximum absolute atomic E-state index is 13.5. The molecule has 1 atom stereocenters. The van der Waals surface area contributed by atoms with Gasteiger partial charge >= 0.3 is 0 Å². The van der Waals surface area contributed by atoms with E-state index in [-0.39, 0.29) is 17.2 Å². The molecule has 3 aromatic rings. The molecule has 2 aromatic carbocycles. The van der Waals surface area contributed by atoms with Gasteiger partial charge in [-0.1, -0.05) is 36.4 Å². The zero-order valence-corrected chi connectivity index (χ0v) is 20.8. The number of fused-ring (bicyclic) bond motifs is 3. The van der Waals surface area contributed by atoms with Crippen LogP contribution >= 0.6 is 9.24 Å². The molecule has 5 rings (SSSR count). The van der Waals surface area contributed by atoms with Crippen molar-refractivity contribution in [2.24, 2.45) is 4.99 Å². The van der Waals surface area contributed by atoms with E-state index in [1.807, 2.05) is 72.0 Å². The average molecular weight is 475 g/mol. The Balaban J connectivity index is 1.61. The van der Waals surface area contributed by atoms with Gasteiger partial charge in [0.2, 0.25) is 5.96 Å². The number of rotatable bonds is 5. The van der Waals surface area contributed by atoms with E-state index in [0.29, 0.717) is 41.8 Å². The third kappa shape index (κ3) is 3.88. The van der Waals surface area contributed by atoms with Crippen LogP contribution in [0.25, 0.3) is 0 Å². The number of benzene rings is 2. The van der Waals surface area contributed by atoms with Gasteiger partial charge in [-0.25, -0.2) is 9.67 Å². The molecular formula is C25H27N6O2P. The van der Waals surface area contributed by atoms with Gasteiger partial charge in [0.25, 0.3) is 5.91 Å². The summed E-state index contributed by atoms with van der Waals surface area (Å²) in [4.78, 5) is 33.5. The van der Waals surface area contributed by atoms with E-state index in [1.165, 1.54) is 0 Å². The Morgan fingerprint density at radius 3 is 2.44 bits per heavy atom. The van der Waals surface area contributed by atoms with Crippen molar-refractivity contribution in [3.63, 3.8) is 0 Å². The number of hydrogen-bond donors (Lipinski definition) is 1. The number of ketones is 1. The highest BCUT2D eigenvalue weighted by Crippen LogP contribution is 2.38. The first-order chi connectivity index (χ1) is 16.1. The second kappa shape index (κ2) is 8.06. The SMILES string of the molecule is CC(=O)c1ccc(Cn2nc3c(c2Nc2ccc(P)cc2)C(=O)N(C)C2=NC(C)(C)CN23)cc1. The molecule has 1 N–H and O–H groups in total. The highest BCUT2D eigenvalue weighted by Gasteiger charge is 2.45. The van der Waals surface area contributed by atoms with Crippen LogP contribution in [0.5, 0.6) is 0 Å². The van der Waals surface area contributed by atoms with Gasteiger partial charge in [0.15, 0.2) is 11.6 Å². The van der Waals surface area contributed by atoms with E-state index < -0.39 is 0 Å². The summed E-state index contributed by atoms with van der Waals surface area (Å²) < 4.78 is 1.82. The number of guanidine groups is 1. The van der Waals surface area contributed by atoms with Crippen molar-refractivity contribution in [3.8, 4) is 0 Å². The van der Waals surface area contributed by atoms with E-state index >= 15 is 0 Å². The second-order valence-electron chi connectivity index (χ2n) is 9.38. The van der Waals surface area contributed by atoms with Crippen molar-refractivity contribution in [3.05, 3.63) is 65.2 Å². The summed E-state index contributed by atoms with van der Waals surface area (Å²) in [6.07, 6.45) is 0. The molecule has 0 saturated carbocycles. The summed E-state index contributed by atoms with van der Waals surface area (Å²) in [7, 11) is 4.43. The fraction of sp³-hybridized carbons (Fsp3) is 0.280. The number of aromatic nitrogens is 2. The van der Waals surface area contributed by atoms with Gasteiger partial charge in [0.05, 0.1) is 18.6 Å². The summed E-state index contributed by atoms with van der Waals surface area (Å²) in [5, 5.41) is 9.40. The monoisotopic (exact) mass is 474 g/mol. The zero-order valence-electron chi connectivity index (χ0n) is 19.7. The number of nitrogens with one attached hydrogen (secondary N) is 1. The Bertz CT molecular complexity index is 1320. The maximum Gasteiger partial charge on any atom is 0.267 e. The van der Waals surface area contributed by atoms with Crippen molar-refractivity contribution in [2.75, 3.05) is 23.8 Å². The minimum Gasteiger partial charge on any atom is -0.340 e. The average Bonchev–Trinajstić information content (AvgIpc) is 3.31. The molecule has 0 saturated heterocycles. The first-order valence-electron chi connectivity index (χ1n) is 11.1. The standard InChI is InChI=1S/C25H27N6O2P/c1-15(32)17-7-5-16(6-8-17)13-31-21(26-18-9-11-19(34)12-10-18)20-22(28-31)30-14-25(2,3)27-24(30)29(4)23(20)33/h5-12,26H,13-14,34H2,1-4H3. The van der Waals surface area contributed by atoms with Gasteiger partial charge in [-0.2, -0.15) is 5.10 Å². The second-order valence-corrected chi connectivity index (χ2v) is 10.0. The fourth-order valence-electron chi connectivity index (χ4n) is 4.31. The predicted octanol–water partition coefficient (Wildman–Crippen LogP) is 3.42. The van der Waals surface area contributed by atoms with Gasteiger partial charge in [0.1, 0.15) is 11.4 Å². The molecule has 1 aromatic heterocycles. The van der Waals surface area contributed by atoms with Crippen LogP contribution in [0.4, 0.5) is 17.3 Å². The van der Waals surface area contributed by atoms with E-state index in [0.717, 1.165) is 16.6 Å². The van der Waals surface area contributed by atoms with Crippen LogP contribution in [0.15, 0.2) is 53.5 Å². The van der Waals surface area contributed by atoms with Crippen molar-refractivity contribution in [1.82, 2.24) is 14.7 Å². The van der Waals surface area contributed by atoms with E-state index in [2.05, 4.69) is 14.6 Å². The lowest BCUT2D eigenvalue weighted by Crippen LogP contribution is -2.48. The Morgan fingerprint density at radius 1 is 1.12 bits per heavy atom. The predicted molar refractivity (Wildman–Crippen MR) is 138 cm³/mol. The molecule has 2 aliphatic heterocycles. The van der Waals surface area contributed by atoms with Gasteiger partial charge in [-0.15, -0.1) is 9.24 Å². The molecule has 3 heterocycles. The third-order valence-electron chi connectivity index (χ3n) is 6.06. The summed E-state index contributed by atoms with van der Waals surface area (Å²) in [5.74, 6) is 1.74. The lowest BCUT2D eigenvalue weighted by atomic mass is 10.1. The van der Waals surface area contributed by atoms with Crippen molar-refractivity contribution < 1.29 is 9.59 Å². The maximum atomic E-state index is 13.5. The highest BCUT2D eigenvalue weighted by molar-refractivity contribution is 7.27. The molecule has 34 heavy (non-hydrogen) atoms. The number of carbonyl (C=O) groups excluding carboxylic acids is 2. The number of nitrogens with zero attached hydrogens (tertiary/aromatic N) is 5. The number of aliphatic imine (C=N–C) groups is 1. The molecule has 9 heteroatoms. The van der Waals surface area contributed by atoms with Crippen LogP contribution in [0.3, 0.4) is 0 Å². The molecule has 1 unspecified atom stereocenters. The molecule has 0 fully saturated rings. The molecule has 0 radical (unpaired) electrons. The first-order valence-corrected chi connectivity index (χ1v) is 11.7. The summed E-state index contributed by atoms with van der Waals surface area (Å²) >= 11 is 0. The van der Waals surface area contributed by atoms with Crippen LogP contribution in [0.2, 0.25) is 0 Å². The van der Waals surface area contributed by atoms with E-state index in [1.54, 1.807) is 18.9 Å². The van der Waals surface area contributed by atoms with Crippen molar-refractivity contribution in [1.29, 1.82) is 0 Å². The quantitative estimate of drug-likeness (QED) is 0.453. The molecule has 0 bridgehead atoms. The molecular weight excluding hydrogens is 447 g/mol. The van der Waals surface area contributed by atoms with Crippen LogP contribution < -0.4 is 15.5 Å². The molecule has 8 nitrogen and oxygen atoms in total. The largest absolute Gasteiger partial charge is 0.340 e. The Labute approximate surface area is 200 Å². The smallest absolute Gasteiger partial charge is 0.267 e. The Morgan fingerprint density at radius 2 is 1.79 bits per heavy atom. The lowest BCUT2D eigenvalue weighted by molar-refractivity contribution is 0.0866. The van der Waals surface area contributed by atoms with Crippen LogP contribution in [-0.2, 0) is 6.54 Å². The summed E-state index contributed by atoms with van der Waals surface area (Å²) in [6.45, 7) is 6.73. The van der Waals surface area contributed by atoms with Gasteiger partial charge in [-0.05, 0) is 43.8 Å². The van der Waals surface area contributed by atoms with Crippen LogP contribution in [0, 0.1) is 0 Å². The topological polar surface area (TPSA) is 82.8 Å². The normalized spacial score (nSPS) is 16.3. The Kier molecular flexibility index (Phi) is 5.29. The molecule has 0 spiro atoms. The van der Waals surface area contributed by atoms with Crippen molar-refractivity contribution in [2.45, 2.75) is 32.9 Å². The molecule has 174 valence electrons. The minimum atomic E-state index is -0.319. The van der Waals surface area contributed by atoms with E-state index in [4.69, 9.17) is 10.1 Å². The minimum absolute atomic E-state index is 0.0260. The molecule has 1 amide bonds. The molecule has 0 aliphatic carbocycles. The first kappa shape index (κ1) is 22.3. The Hall–Kier alpha value is -3.51. The van der Waals surface area contributed by atoms with Gasteiger partial charge < -0.3 is 5.32 Å². The number of anilines is 3. The zero-order chi connectivity index (χ0) is 24.2.